The maximum absolute atomic E-state index is 12.2. The SMILES string of the molecule is Cc1n[c-]c(N2C=CN(C)[CH-]2)cn1.Cn1ccnc1-c1cc(C(F)(F)F)n[n-]1.[Pt]. The number of halogens is 3. The van der Waals surface area contributed by atoms with Crippen molar-refractivity contribution in [2.24, 2.45) is 7.05 Å². The van der Waals surface area contributed by atoms with Gasteiger partial charge in [0.25, 0.3) is 0 Å². The zero-order chi connectivity index (χ0) is 20.3. The van der Waals surface area contributed by atoms with Crippen LogP contribution >= 0.6 is 0 Å². The standard InChI is InChI=1S/C9H10N4.C8H6F3N4.Pt/c1-8-10-5-9(6-11-8)13-4-3-12(2)7-13;1-15-3-2-12-7(15)5-4-6(14-13-5)8(9,10)11;/h3-5,7H,1-2H3;2-4H,1H3;/q-2;-1;. The van der Waals surface area contributed by atoms with E-state index in [1.54, 1.807) is 24.0 Å². The van der Waals surface area contributed by atoms with Crippen molar-refractivity contribution < 1.29 is 34.2 Å². The summed E-state index contributed by atoms with van der Waals surface area (Å²) in [6, 6.07) is 0.877. The number of alkyl halides is 3. The van der Waals surface area contributed by atoms with E-state index in [4.69, 9.17) is 0 Å². The molecular weight excluding hydrogens is 568 g/mol. The number of imidazole rings is 1. The summed E-state index contributed by atoms with van der Waals surface area (Å²) in [4.78, 5) is 15.8. The summed E-state index contributed by atoms with van der Waals surface area (Å²) in [6.45, 7) is 3.78. The van der Waals surface area contributed by atoms with Crippen LogP contribution in [-0.2, 0) is 34.3 Å². The minimum atomic E-state index is -4.46. The van der Waals surface area contributed by atoms with Crippen LogP contribution < -0.4 is 10.00 Å². The Morgan fingerprint density at radius 3 is 2.41 bits per heavy atom. The Kier molecular flexibility index (Phi) is 7.18. The summed E-state index contributed by atoms with van der Waals surface area (Å²) in [6.07, 6.45) is 7.19. The average molecular weight is 584 g/mol. The van der Waals surface area contributed by atoms with Gasteiger partial charge in [0.1, 0.15) is 11.5 Å². The third kappa shape index (κ3) is 5.66. The number of aromatic nitrogens is 6. The van der Waals surface area contributed by atoms with Gasteiger partial charge in [0, 0.05) is 46.3 Å². The molecule has 29 heavy (non-hydrogen) atoms. The Labute approximate surface area is 179 Å². The van der Waals surface area contributed by atoms with Gasteiger partial charge in [0.2, 0.25) is 0 Å². The van der Waals surface area contributed by atoms with Crippen molar-refractivity contribution in [1.29, 1.82) is 0 Å². The summed E-state index contributed by atoms with van der Waals surface area (Å²) < 4.78 is 38.2. The van der Waals surface area contributed by atoms with Crippen LogP contribution in [0.25, 0.3) is 11.5 Å². The van der Waals surface area contributed by atoms with Crippen LogP contribution in [0.3, 0.4) is 0 Å². The second kappa shape index (κ2) is 9.21. The summed E-state index contributed by atoms with van der Waals surface area (Å²) in [5, 5.41) is 6.49. The van der Waals surface area contributed by atoms with E-state index in [0.717, 1.165) is 17.6 Å². The summed E-state index contributed by atoms with van der Waals surface area (Å²) >= 11 is 0. The molecule has 0 fully saturated rings. The number of rotatable bonds is 2. The van der Waals surface area contributed by atoms with Gasteiger partial charge in [-0.2, -0.15) is 19.8 Å². The van der Waals surface area contributed by atoms with E-state index in [2.05, 4.69) is 31.3 Å². The second-order valence-corrected chi connectivity index (χ2v) is 5.87. The molecule has 4 heterocycles. The molecule has 0 radical (unpaired) electrons. The van der Waals surface area contributed by atoms with Gasteiger partial charge in [-0.25, -0.2) is 4.98 Å². The topological polar surface area (TPSA) is 77.1 Å². The first kappa shape index (κ1) is 22.6. The summed E-state index contributed by atoms with van der Waals surface area (Å²) in [7, 11) is 3.63. The molecule has 0 aliphatic carbocycles. The fourth-order valence-corrected chi connectivity index (χ4v) is 2.22. The molecule has 0 saturated heterocycles. The van der Waals surface area contributed by atoms with E-state index in [9.17, 15) is 13.2 Å². The Bertz CT molecular complexity index is 948. The van der Waals surface area contributed by atoms with Gasteiger partial charge >= 0.3 is 6.18 Å². The molecule has 158 valence electrons. The molecule has 0 spiro atoms. The van der Waals surface area contributed by atoms with Gasteiger partial charge in [0.15, 0.2) is 0 Å². The molecule has 8 nitrogen and oxygen atoms in total. The first-order valence-electron chi connectivity index (χ1n) is 8.04. The molecule has 1 aliphatic heterocycles. The number of hydrogen-bond donors (Lipinski definition) is 0. The Morgan fingerprint density at radius 1 is 1.17 bits per heavy atom. The third-order valence-corrected chi connectivity index (χ3v) is 3.63. The fourth-order valence-electron chi connectivity index (χ4n) is 2.22. The van der Waals surface area contributed by atoms with Crippen LogP contribution in [0.1, 0.15) is 11.5 Å². The van der Waals surface area contributed by atoms with Crippen molar-refractivity contribution in [2.75, 3.05) is 11.9 Å². The number of hydrogen-bond acceptors (Lipinski definition) is 6. The van der Waals surface area contributed by atoms with E-state index in [0.29, 0.717) is 5.82 Å². The third-order valence-electron chi connectivity index (χ3n) is 3.63. The summed E-state index contributed by atoms with van der Waals surface area (Å²) in [5.41, 5.74) is -0.0264. The van der Waals surface area contributed by atoms with E-state index >= 15 is 0 Å². The monoisotopic (exact) mass is 584 g/mol. The van der Waals surface area contributed by atoms with Gasteiger partial charge in [-0.3, -0.25) is 0 Å². The van der Waals surface area contributed by atoms with Crippen molar-refractivity contribution in [3.05, 3.63) is 61.4 Å². The Balaban J connectivity index is 0.000000202. The smallest absolute Gasteiger partial charge is 0.431 e. The zero-order valence-corrected chi connectivity index (χ0v) is 17.8. The maximum Gasteiger partial charge on any atom is 0.431 e. The summed E-state index contributed by atoms with van der Waals surface area (Å²) in [5.74, 6) is 1.10. The van der Waals surface area contributed by atoms with Crippen LogP contribution in [0.5, 0.6) is 0 Å². The van der Waals surface area contributed by atoms with Crippen LogP contribution in [0.4, 0.5) is 18.9 Å². The number of nitrogens with zero attached hydrogens (tertiary/aromatic N) is 8. The Hall–Kier alpha value is -2.68. The van der Waals surface area contributed by atoms with Gasteiger partial charge in [0.05, 0.1) is 0 Å². The molecule has 0 saturated carbocycles. The Morgan fingerprint density at radius 2 is 1.93 bits per heavy atom. The average Bonchev–Trinajstić information content (AvgIpc) is 3.36. The molecule has 4 rings (SSSR count). The minimum Gasteiger partial charge on any atom is -0.572 e. The quantitative estimate of drug-likeness (QED) is 0.429. The zero-order valence-electron chi connectivity index (χ0n) is 15.6. The molecule has 0 unspecified atom stereocenters. The molecule has 0 amide bonds. The van der Waals surface area contributed by atoms with Crippen LogP contribution in [0.15, 0.2) is 37.1 Å². The molecular formula is C17H16F3N8Pt-3. The van der Waals surface area contributed by atoms with Crippen molar-refractivity contribution >= 4 is 5.69 Å². The number of aryl methyl sites for hydroxylation is 2. The van der Waals surface area contributed by atoms with Crippen LogP contribution in [0.2, 0.25) is 0 Å². The first-order valence-corrected chi connectivity index (χ1v) is 8.04. The van der Waals surface area contributed by atoms with Crippen molar-refractivity contribution in [1.82, 2.24) is 34.6 Å². The predicted octanol–water partition coefficient (Wildman–Crippen LogP) is 2.38. The number of anilines is 1. The van der Waals surface area contributed by atoms with Crippen LogP contribution in [0, 0.1) is 19.8 Å². The van der Waals surface area contributed by atoms with E-state index < -0.39 is 11.9 Å². The molecule has 1 aliphatic rings. The first-order chi connectivity index (χ1) is 13.2. The van der Waals surface area contributed by atoms with E-state index in [1.807, 2.05) is 42.8 Å². The molecule has 0 N–H and O–H groups in total. The van der Waals surface area contributed by atoms with Gasteiger partial charge in [-0.15, -0.1) is 0 Å². The largest absolute Gasteiger partial charge is 0.572 e. The molecule has 3 aromatic heterocycles. The molecule has 0 atom stereocenters. The molecule has 0 bridgehead atoms. The van der Waals surface area contributed by atoms with Gasteiger partial charge in [-0.05, 0) is 25.5 Å². The second-order valence-electron chi connectivity index (χ2n) is 5.87. The van der Waals surface area contributed by atoms with Gasteiger partial charge < -0.3 is 34.5 Å². The van der Waals surface area contributed by atoms with Crippen molar-refractivity contribution in [3.63, 3.8) is 0 Å². The normalized spacial score (nSPS) is 13.2. The predicted molar refractivity (Wildman–Crippen MR) is 94.0 cm³/mol. The maximum atomic E-state index is 12.2. The van der Waals surface area contributed by atoms with E-state index in [1.165, 1.54) is 6.20 Å². The minimum absolute atomic E-state index is 0. The van der Waals surface area contributed by atoms with Gasteiger partial charge in [-0.1, -0.05) is 30.7 Å². The fraction of sp³-hybridized carbons (Fsp3) is 0.235. The molecule has 3 aromatic rings. The van der Waals surface area contributed by atoms with Crippen molar-refractivity contribution in [3.8, 4) is 11.5 Å². The molecule has 0 aromatic carbocycles. The van der Waals surface area contributed by atoms with Crippen molar-refractivity contribution in [2.45, 2.75) is 13.1 Å². The van der Waals surface area contributed by atoms with E-state index in [-0.39, 0.29) is 26.8 Å². The molecule has 12 heteroatoms. The van der Waals surface area contributed by atoms with Crippen LogP contribution in [-0.4, -0.2) is 36.6 Å².